The van der Waals surface area contributed by atoms with Crippen LogP contribution < -0.4 is 20.0 Å². The third kappa shape index (κ3) is 3.02. The van der Waals surface area contributed by atoms with E-state index >= 15 is 0 Å². The summed E-state index contributed by atoms with van der Waals surface area (Å²) < 4.78 is 0. The van der Waals surface area contributed by atoms with Gasteiger partial charge in [0, 0.05) is 60.2 Å². The molecule has 7 heteroatoms. The van der Waals surface area contributed by atoms with Crippen molar-refractivity contribution < 1.29 is 25.2 Å². The summed E-state index contributed by atoms with van der Waals surface area (Å²) in [5.74, 6) is -2.95. The Morgan fingerprint density at radius 1 is 0.722 bits per heavy atom. The average molecular weight is 489 g/mol. The van der Waals surface area contributed by atoms with Gasteiger partial charge in [-0.05, 0) is 86.1 Å². The number of carbonyl (C=O) groups excluding carboxylic acids is 1. The number of anilines is 2. The van der Waals surface area contributed by atoms with Crippen LogP contribution >= 0.6 is 0 Å². The Morgan fingerprint density at radius 3 is 1.75 bits per heavy atom. The molecule has 2 aromatic rings. The summed E-state index contributed by atoms with van der Waals surface area (Å²) >= 11 is 0. The molecule has 0 radical (unpaired) electrons. The van der Waals surface area contributed by atoms with Gasteiger partial charge in [0.25, 0.3) is 0 Å². The Hall–Kier alpha value is -2.77. The van der Waals surface area contributed by atoms with Crippen molar-refractivity contribution in [3.05, 3.63) is 45.5 Å². The maximum Gasteiger partial charge on any atom is 0.126 e. The van der Waals surface area contributed by atoms with Crippen LogP contribution in [0.2, 0.25) is 0 Å². The molecule has 0 saturated heterocycles. The molecule has 190 valence electrons. The molecule has 4 atom stereocenters. The van der Waals surface area contributed by atoms with Crippen molar-refractivity contribution in [1.29, 1.82) is 0 Å². The van der Waals surface area contributed by atoms with Crippen molar-refractivity contribution in [1.82, 2.24) is 0 Å². The number of nitrogens with zero attached hydrogens (tertiary/aromatic N) is 2. The number of benzene rings is 2. The lowest BCUT2D eigenvalue weighted by Crippen LogP contribution is -2.40. The van der Waals surface area contributed by atoms with Gasteiger partial charge in [-0.3, -0.25) is 0 Å². The summed E-state index contributed by atoms with van der Waals surface area (Å²) in [5, 5.41) is 50.0. The second-order valence-electron chi connectivity index (χ2n) is 11.3. The molecular formula is C29H32N2O5-2. The molecule has 7 nitrogen and oxygen atoms in total. The third-order valence-corrected chi connectivity index (χ3v) is 9.34. The zero-order valence-electron chi connectivity index (χ0n) is 20.5. The van der Waals surface area contributed by atoms with Gasteiger partial charge in [-0.15, -0.1) is 6.10 Å². The summed E-state index contributed by atoms with van der Waals surface area (Å²) in [6, 6.07) is 3.65. The minimum absolute atomic E-state index is 0.0211. The SMILES string of the molecule is O=C1C([O-])C(c2cc3c4c(c2O)CCCN4CCC3)C([O-])C1c1cc2c3c(c1O)CCCN3CCC2. The summed E-state index contributed by atoms with van der Waals surface area (Å²) in [5.41, 5.74) is 6.57. The van der Waals surface area contributed by atoms with E-state index in [4.69, 9.17) is 0 Å². The molecule has 1 saturated carbocycles. The van der Waals surface area contributed by atoms with Crippen LogP contribution in [-0.2, 0) is 30.5 Å². The molecule has 0 aromatic heterocycles. The fourth-order valence-electron chi connectivity index (χ4n) is 7.79. The van der Waals surface area contributed by atoms with Crippen LogP contribution in [-0.4, -0.2) is 54.4 Å². The van der Waals surface area contributed by atoms with Gasteiger partial charge < -0.3 is 35.0 Å². The first-order chi connectivity index (χ1) is 17.5. The lowest BCUT2D eigenvalue weighted by atomic mass is 9.81. The number of Topliss-reactive ketones (excluding diaryl/α,β-unsaturated/α-hetero) is 1. The molecule has 4 heterocycles. The number of phenols is 2. The second-order valence-corrected chi connectivity index (χ2v) is 11.3. The van der Waals surface area contributed by atoms with Crippen molar-refractivity contribution in [3.8, 4) is 11.5 Å². The first kappa shape index (κ1) is 22.4. The number of carbonyl (C=O) groups is 1. The van der Waals surface area contributed by atoms with Crippen molar-refractivity contribution in [2.75, 3.05) is 36.0 Å². The molecule has 1 aliphatic carbocycles. The van der Waals surface area contributed by atoms with Gasteiger partial charge >= 0.3 is 0 Å². The minimum atomic E-state index is -1.75. The van der Waals surface area contributed by atoms with Crippen molar-refractivity contribution in [2.45, 2.75) is 75.4 Å². The minimum Gasteiger partial charge on any atom is -0.851 e. The number of hydrogen-bond acceptors (Lipinski definition) is 7. The van der Waals surface area contributed by atoms with E-state index in [1.165, 1.54) is 0 Å². The summed E-state index contributed by atoms with van der Waals surface area (Å²) in [7, 11) is 0. The van der Waals surface area contributed by atoms with E-state index in [1.807, 2.05) is 12.1 Å². The molecule has 1 fully saturated rings. The fraction of sp³-hybridized carbons (Fsp3) is 0.552. The van der Waals surface area contributed by atoms with Crippen molar-refractivity contribution in [2.24, 2.45) is 0 Å². The highest BCUT2D eigenvalue weighted by molar-refractivity contribution is 5.95. The van der Waals surface area contributed by atoms with Crippen molar-refractivity contribution >= 4 is 17.2 Å². The lowest BCUT2D eigenvalue weighted by Gasteiger charge is -2.40. The van der Waals surface area contributed by atoms with Gasteiger partial charge in [0.05, 0.1) is 0 Å². The normalized spacial score (nSPS) is 28.8. The van der Waals surface area contributed by atoms with Crippen LogP contribution in [0.15, 0.2) is 12.1 Å². The fourth-order valence-corrected chi connectivity index (χ4v) is 7.79. The molecule has 5 aliphatic rings. The zero-order valence-corrected chi connectivity index (χ0v) is 20.5. The van der Waals surface area contributed by atoms with E-state index in [0.717, 1.165) is 98.3 Å². The van der Waals surface area contributed by atoms with Crippen LogP contribution in [0.1, 0.15) is 70.9 Å². The Labute approximate surface area is 211 Å². The van der Waals surface area contributed by atoms with Gasteiger partial charge in [-0.25, -0.2) is 0 Å². The molecule has 2 N–H and O–H groups in total. The molecule has 0 spiro atoms. The maximum absolute atomic E-state index is 13.9. The number of ketones is 1. The van der Waals surface area contributed by atoms with E-state index in [9.17, 15) is 25.2 Å². The Balaban J connectivity index is 1.33. The molecule has 36 heavy (non-hydrogen) atoms. The smallest absolute Gasteiger partial charge is 0.126 e. The van der Waals surface area contributed by atoms with E-state index < -0.39 is 29.8 Å². The highest BCUT2D eigenvalue weighted by Gasteiger charge is 2.44. The largest absolute Gasteiger partial charge is 0.851 e. The molecule has 0 amide bonds. The van der Waals surface area contributed by atoms with Crippen LogP contribution in [0.25, 0.3) is 0 Å². The number of hydrogen-bond donors (Lipinski definition) is 2. The first-order valence-electron chi connectivity index (χ1n) is 13.6. The van der Waals surface area contributed by atoms with Gasteiger partial charge in [0.15, 0.2) is 0 Å². The average Bonchev–Trinajstić information content (AvgIpc) is 3.11. The monoisotopic (exact) mass is 488 g/mol. The van der Waals surface area contributed by atoms with Gasteiger partial charge in [0.2, 0.25) is 0 Å². The molecule has 2 aromatic carbocycles. The summed E-state index contributed by atoms with van der Waals surface area (Å²) in [4.78, 5) is 18.0. The number of aromatic hydroxyl groups is 2. The standard InChI is InChI=1S/C29H32N2O5/c32-25-17-7-3-11-30-9-1-5-15(23(17)30)13-19(25)21-27(34)22(29(36)28(21)35)20-14-16-6-2-10-31-12-4-8-18(24(16)31)26(20)33/h13-14,21-22,27-28,32-33H,1-12H2/q-2. The highest BCUT2D eigenvalue weighted by Crippen LogP contribution is 2.51. The van der Waals surface area contributed by atoms with Crippen LogP contribution in [0.3, 0.4) is 0 Å². The quantitative estimate of drug-likeness (QED) is 0.658. The Morgan fingerprint density at radius 2 is 1.19 bits per heavy atom. The zero-order chi connectivity index (χ0) is 24.7. The Kier molecular flexibility index (Phi) is 5.06. The molecule has 0 bridgehead atoms. The van der Waals surface area contributed by atoms with Crippen LogP contribution in [0.4, 0.5) is 11.4 Å². The van der Waals surface area contributed by atoms with Crippen molar-refractivity contribution in [3.63, 3.8) is 0 Å². The number of phenolic OH excluding ortho intramolecular Hbond substituents is 2. The second kappa shape index (κ2) is 8.12. The van der Waals surface area contributed by atoms with Crippen LogP contribution in [0, 0.1) is 0 Å². The predicted octanol–water partition coefficient (Wildman–Crippen LogP) is 1.40. The van der Waals surface area contributed by atoms with Gasteiger partial charge in [-0.2, -0.15) is 0 Å². The lowest BCUT2D eigenvalue weighted by molar-refractivity contribution is -0.451. The van der Waals surface area contributed by atoms with E-state index in [1.54, 1.807) is 0 Å². The van der Waals surface area contributed by atoms with Gasteiger partial charge in [0.1, 0.15) is 17.3 Å². The predicted molar refractivity (Wildman–Crippen MR) is 132 cm³/mol. The Bertz CT molecular complexity index is 1270. The van der Waals surface area contributed by atoms with E-state index in [2.05, 4.69) is 9.80 Å². The van der Waals surface area contributed by atoms with E-state index in [-0.39, 0.29) is 11.5 Å². The first-order valence-corrected chi connectivity index (χ1v) is 13.6. The molecular weight excluding hydrogens is 456 g/mol. The van der Waals surface area contributed by atoms with E-state index in [0.29, 0.717) is 24.0 Å². The third-order valence-electron chi connectivity index (χ3n) is 9.34. The van der Waals surface area contributed by atoms with Gasteiger partial charge in [-0.1, -0.05) is 6.10 Å². The molecule has 4 unspecified atom stereocenters. The maximum atomic E-state index is 13.9. The topological polar surface area (TPSA) is 110 Å². The number of rotatable bonds is 2. The molecule has 7 rings (SSSR count). The molecule has 4 aliphatic heterocycles. The summed E-state index contributed by atoms with van der Waals surface area (Å²) in [6.45, 7) is 3.81. The number of aryl methyl sites for hydroxylation is 2. The van der Waals surface area contributed by atoms with Crippen LogP contribution in [0.5, 0.6) is 11.5 Å². The summed E-state index contributed by atoms with van der Waals surface area (Å²) in [6.07, 6.45) is 3.62. The highest BCUT2D eigenvalue weighted by atomic mass is 16.3.